The topological polar surface area (TPSA) is 78.6 Å². The van der Waals surface area contributed by atoms with Crippen LogP contribution in [0.5, 0.6) is 5.75 Å². The van der Waals surface area contributed by atoms with Crippen molar-refractivity contribution in [3.05, 3.63) is 23.8 Å². The van der Waals surface area contributed by atoms with Gasteiger partial charge in [-0.1, -0.05) is 0 Å². The maximum Gasteiger partial charge on any atom is 0.251 e. The van der Waals surface area contributed by atoms with Crippen molar-refractivity contribution in [2.24, 2.45) is 0 Å². The Kier molecular flexibility index (Phi) is 3.06. The first kappa shape index (κ1) is 12.3. The quantitative estimate of drug-likeness (QED) is 0.547. The average Bonchev–Trinajstić information content (AvgIpc) is 2.97. The Bertz CT molecular complexity index is 503. The number of amides is 1. The lowest BCUT2D eigenvalue weighted by atomic mass is 10.1. The maximum atomic E-state index is 12.2. The molecule has 3 rings (SSSR count). The van der Waals surface area contributed by atoms with Crippen molar-refractivity contribution < 1.29 is 9.90 Å². The van der Waals surface area contributed by atoms with Crippen LogP contribution in [0.2, 0.25) is 0 Å². The number of phenolic OH excluding ortho intramolecular Hbond substituents is 1. The van der Waals surface area contributed by atoms with E-state index in [4.69, 9.17) is 5.73 Å². The fourth-order valence-corrected chi connectivity index (χ4v) is 3.19. The van der Waals surface area contributed by atoms with Gasteiger partial charge in [0, 0.05) is 24.2 Å². The molecule has 5 heteroatoms. The molecule has 2 atom stereocenters. The smallest absolute Gasteiger partial charge is 0.251 e. The number of nitrogen functional groups attached to an aromatic ring is 1. The minimum atomic E-state index is -0.131. The highest BCUT2D eigenvalue weighted by Crippen LogP contribution is 2.28. The van der Waals surface area contributed by atoms with E-state index in [1.165, 1.54) is 12.5 Å². The monoisotopic (exact) mass is 261 g/mol. The Morgan fingerprint density at radius 3 is 3.00 bits per heavy atom. The number of aromatic hydroxyl groups is 1. The molecule has 2 saturated heterocycles. The van der Waals surface area contributed by atoms with Crippen LogP contribution >= 0.6 is 0 Å². The van der Waals surface area contributed by atoms with Crippen LogP contribution in [0.25, 0.3) is 0 Å². The van der Waals surface area contributed by atoms with Crippen molar-refractivity contribution in [2.45, 2.75) is 31.3 Å². The van der Waals surface area contributed by atoms with Gasteiger partial charge >= 0.3 is 0 Å². The zero-order valence-electron chi connectivity index (χ0n) is 10.8. The van der Waals surface area contributed by atoms with Gasteiger partial charge in [-0.05, 0) is 44.0 Å². The van der Waals surface area contributed by atoms with Crippen LogP contribution in [0.1, 0.15) is 29.6 Å². The summed E-state index contributed by atoms with van der Waals surface area (Å²) in [7, 11) is 0. The molecule has 5 nitrogen and oxygen atoms in total. The number of phenols is 1. The normalized spacial score (nSPS) is 26.3. The van der Waals surface area contributed by atoms with Gasteiger partial charge in [0.2, 0.25) is 0 Å². The minimum Gasteiger partial charge on any atom is -0.506 e. The number of carbonyl (C=O) groups is 1. The SMILES string of the molecule is Nc1ccc(C(=O)NC2CCN3CCCC23)cc1O. The summed E-state index contributed by atoms with van der Waals surface area (Å²) in [6.45, 7) is 2.22. The van der Waals surface area contributed by atoms with E-state index >= 15 is 0 Å². The largest absolute Gasteiger partial charge is 0.506 e. The highest BCUT2D eigenvalue weighted by atomic mass is 16.3. The number of hydrogen-bond acceptors (Lipinski definition) is 4. The Morgan fingerprint density at radius 1 is 1.37 bits per heavy atom. The number of rotatable bonds is 2. The average molecular weight is 261 g/mol. The summed E-state index contributed by atoms with van der Waals surface area (Å²) in [5.41, 5.74) is 6.29. The molecule has 102 valence electrons. The lowest BCUT2D eigenvalue weighted by Crippen LogP contribution is -2.42. The molecular formula is C14H19N3O2. The van der Waals surface area contributed by atoms with Crippen molar-refractivity contribution in [1.82, 2.24) is 10.2 Å². The van der Waals surface area contributed by atoms with Crippen molar-refractivity contribution in [3.63, 3.8) is 0 Å². The molecule has 1 amide bonds. The predicted molar refractivity (Wildman–Crippen MR) is 73.0 cm³/mol. The highest BCUT2D eigenvalue weighted by Gasteiger charge is 2.37. The Morgan fingerprint density at radius 2 is 2.21 bits per heavy atom. The van der Waals surface area contributed by atoms with Crippen LogP contribution in [-0.2, 0) is 0 Å². The van der Waals surface area contributed by atoms with E-state index in [1.807, 2.05) is 0 Å². The fourth-order valence-electron chi connectivity index (χ4n) is 3.19. The third-order valence-electron chi connectivity index (χ3n) is 4.22. The molecule has 0 aliphatic carbocycles. The number of carbonyl (C=O) groups excluding carboxylic acids is 1. The summed E-state index contributed by atoms with van der Waals surface area (Å²) < 4.78 is 0. The molecule has 2 aliphatic rings. The van der Waals surface area contributed by atoms with Crippen molar-refractivity contribution in [2.75, 3.05) is 18.8 Å². The van der Waals surface area contributed by atoms with Crippen LogP contribution in [-0.4, -0.2) is 41.1 Å². The molecule has 0 saturated carbocycles. The van der Waals surface area contributed by atoms with Crippen LogP contribution in [0.15, 0.2) is 18.2 Å². The van der Waals surface area contributed by atoms with E-state index in [2.05, 4.69) is 10.2 Å². The lowest BCUT2D eigenvalue weighted by molar-refractivity contribution is 0.0929. The first-order valence-corrected chi connectivity index (χ1v) is 6.78. The van der Waals surface area contributed by atoms with Crippen molar-refractivity contribution in [1.29, 1.82) is 0 Å². The van der Waals surface area contributed by atoms with Gasteiger partial charge < -0.3 is 16.2 Å². The number of nitrogens with two attached hydrogens (primary N) is 1. The lowest BCUT2D eigenvalue weighted by Gasteiger charge is -2.21. The number of fused-ring (bicyclic) bond motifs is 1. The van der Waals surface area contributed by atoms with Gasteiger partial charge in [-0.3, -0.25) is 9.69 Å². The van der Waals surface area contributed by atoms with Gasteiger partial charge in [0.05, 0.1) is 5.69 Å². The second kappa shape index (κ2) is 4.74. The summed E-state index contributed by atoms with van der Waals surface area (Å²) in [6.07, 6.45) is 3.40. The number of benzene rings is 1. The molecule has 0 radical (unpaired) electrons. The highest BCUT2D eigenvalue weighted by molar-refractivity contribution is 5.95. The zero-order valence-corrected chi connectivity index (χ0v) is 10.8. The number of hydrogen-bond donors (Lipinski definition) is 3. The van der Waals surface area contributed by atoms with Crippen LogP contribution in [0, 0.1) is 0 Å². The van der Waals surface area contributed by atoms with E-state index in [1.54, 1.807) is 12.1 Å². The van der Waals surface area contributed by atoms with Gasteiger partial charge in [0.1, 0.15) is 5.75 Å². The first-order valence-electron chi connectivity index (χ1n) is 6.78. The summed E-state index contributed by atoms with van der Waals surface area (Å²) in [5.74, 6) is -0.171. The second-order valence-corrected chi connectivity index (χ2v) is 5.39. The molecule has 2 heterocycles. The predicted octanol–water partition coefficient (Wildman–Crippen LogP) is 0.941. The molecule has 0 bridgehead atoms. The fraction of sp³-hybridized carbons (Fsp3) is 0.500. The molecule has 2 fully saturated rings. The molecule has 0 spiro atoms. The van der Waals surface area contributed by atoms with E-state index in [0.29, 0.717) is 17.3 Å². The van der Waals surface area contributed by atoms with Gasteiger partial charge in [0.15, 0.2) is 0 Å². The number of anilines is 1. The van der Waals surface area contributed by atoms with E-state index in [9.17, 15) is 9.90 Å². The molecule has 2 aliphatic heterocycles. The third kappa shape index (κ3) is 2.26. The summed E-state index contributed by atoms with van der Waals surface area (Å²) in [5, 5.41) is 12.6. The standard InChI is InChI=1S/C14H19N3O2/c15-10-4-3-9(8-13(10)18)14(19)16-11-5-7-17-6-1-2-12(11)17/h3-4,8,11-12,18H,1-2,5-7,15H2,(H,16,19). The molecule has 0 aromatic heterocycles. The first-order chi connectivity index (χ1) is 9.15. The second-order valence-electron chi connectivity index (χ2n) is 5.39. The molecule has 1 aromatic carbocycles. The van der Waals surface area contributed by atoms with Crippen LogP contribution < -0.4 is 11.1 Å². The summed E-state index contributed by atoms with van der Waals surface area (Å²) >= 11 is 0. The number of nitrogens with one attached hydrogen (secondary N) is 1. The Balaban J connectivity index is 1.69. The van der Waals surface area contributed by atoms with E-state index < -0.39 is 0 Å². The summed E-state index contributed by atoms with van der Waals surface area (Å²) in [6, 6.07) is 5.35. The van der Waals surface area contributed by atoms with Crippen molar-refractivity contribution in [3.8, 4) is 5.75 Å². The third-order valence-corrected chi connectivity index (χ3v) is 4.22. The van der Waals surface area contributed by atoms with Crippen LogP contribution in [0.3, 0.4) is 0 Å². The molecule has 4 N–H and O–H groups in total. The summed E-state index contributed by atoms with van der Waals surface area (Å²) in [4.78, 5) is 14.6. The Hall–Kier alpha value is -1.75. The van der Waals surface area contributed by atoms with E-state index in [-0.39, 0.29) is 17.7 Å². The molecule has 19 heavy (non-hydrogen) atoms. The van der Waals surface area contributed by atoms with Gasteiger partial charge in [-0.15, -0.1) is 0 Å². The van der Waals surface area contributed by atoms with Gasteiger partial charge in [0.25, 0.3) is 5.91 Å². The van der Waals surface area contributed by atoms with Crippen molar-refractivity contribution >= 4 is 11.6 Å². The van der Waals surface area contributed by atoms with Gasteiger partial charge in [-0.25, -0.2) is 0 Å². The van der Waals surface area contributed by atoms with Crippen LogP contribution in [0.4, 0.5) is 5.69 Å². The van der Waals surface area contributed by atoms with E-state index in [0.717, 1.165) is 25.9 Å². The molecule has 1 aromatic rings. The zero-order chi connectivity index (χ0) is 13.4. The maximum absolute atomic E-state index is 12.2. The van der Waals surface area contributed by atoms with Gasteiger partial charge in [-0.2, -0.15) is 0 Å². The number of nitrogens with zero attached hydrogens (tertiary/aromatic N) is 1. The minimum absolute atomic E-state index is 0.0402. The molecular weight excluding hydrogens is 242 g/mol. The molecule has 2 unspecified atom stereocenters. The Labute approximate surface area is 112 Å².